The van der Waals surface area contributed by atoms with Gasteiger partial charge in [-0.2, -0.15) is 0 Å². The van der Waals surface area contributed by atoms with Gasteiger partial charge >= 0.3 is 6.09 Å². The summed E-state index contributed by atoms with van der Waals surface area (Å²) in [5, 5.41) is 8.75. The van der Waals surface area contributed by atoms with Crippen LogP contribution >= 0.6 is 0 Å². The first-order valence-electron chi connectivity index (χ1n) is 4.85. The summed E-state index contributed by atoms with van der Waals surface area (Å²) in [6, 6.07) is 0. The van der Waals surface area contributed by atoms with E-state index in [1.807, 2.05) is 0 Å². The van der Waals surface area contributed by atoms with Crippen molar-refractivity contribution in [2.45, 2.75) is 25.3 Å². The number of rotatable bonds is 1. The summed E-state index contributed by atoms with van der Waals surface area (Å²) in [5.41, 5.74) is 0.407. The van der Waals surface area contributed by atoms with Gasteiger partial charge in [0.15, 0.2) is 0 Å². The minimum atomic E-state index is -0.777. The lowest BCUT2D eigenvalue weighted by atomic mass is 10.2. The van der Waals surface area contributed by atoms with E-state index in [1.54, 1.807) is 0 Å². The zero-order chi connectivity index (χ0) is 9.47. The number of nitrogens with zero attached hydrogens (tertiary/aromatic N) is 2. The van der Waals surface area contributed by atoms with Gasteiger partial charge in [0.1, 0.15) is 0 Å². The minimum Gasteiger partial charge on any atom is -0.465 e. The predicted molar refractivity (Wildman–Crippen MR) is 48.8 cm³/mol. The van der Waals surface area contributed by atoms with Crippen LogP contribution in [-0.2, 0) is 0 Å². The lowest BCUT2D eigenvalue weighted by Gasteiger charge is -2.37. The summed E-state index contributed by atoms with van der Waals surface area (Å²) < 4.78 is 0. The Morgan fingerprint density at radius 2 is 1.77 bits per heavy atom. The molecule has 0 spiro atoms. The maximum Gasteiger partial charge on any atom is 0.407 e. The van der Waals surface area contributed by atoms with Gasteiger partial charge in [0.05, 0.1) is 0 Å². The Bertz CT molecular complexity index is 218. The number of amides is 1. The molecule has 2 aliphatic rings. The molecule has 0 aromatic rings. The molecule has 0 aromatic heterocycles. The van der Waals surface area contributed by atoms with Crippen molar-refractivity contribution in [3.63, 3.8) is 0 Å². The summed E-state index contributed by atoms with van der Waals surface area (Å²) in [6.45, 7) is 5.42. The highest BCUT2D eigenvalue weighted by atomic mass is 16.4. The van der Waals surface area contributed by atoms with Crippen molar-refractivity contribution in [2.24, 2.45) is 0 Å². The molecule has 1 aliphatic heterocycles. The van der Waals surface area contributed by atoms with Gasteiger partial charge < -0.3 is 10.0 Å². The highest BCUT2D eigenvalue weighted by Gasteiger charge is 2.44. The quantitative estimate of drug-likeness (QED) is 0.656. The second kappa shape index (κ2) is 2.87. The molecule has 4 nitrogen and oxygen atoms in total. The monoisotopic (exact) mass is 184 g/mol. The first-order chi connectivity index (χ1) is 6.12. The molecule has 1 saturated carbocycles. The van der Waals surface area contributed by atoms with Crippen LogP contribution in [0.25, 0.3) is 0 Å². The Balaban J connectivity index is 1.86. The molecule has 1 heterocycles. The largest absolute Gasteiger partial charge is 0.465 e. The van der Waals surface area contributed by atoms with Crippen molar-refractivity contribution in [3.8, 4) is 0 Å². The maximum absolute atomic E-state index is 10.6. The number of carboxylic acid groups (broad SMARTS) is 1. The highest BCUT2D eigenvalue weighted by molar-refractivity contribution is 5.65. The molecule has 13 heavy (non-hydrogen) atoms. The molecule has 0 aromatic carbocycles. The summed E-state index contributed by atoms with van der Waals surface area (Å²) in [4.78, 5) is 14.6. The van der Waals surface area contributed by atoms with Gasteiger partial charge in [-0.05, 0) is 19.8 Å². The number of hydrogen-bond acceptors (Lipinski definition) is 2. The van der Waals surface area contributed by atoms with Crippen molar-refractivity contribution in [1.29, 1.82) is 0 Å². The first kappa shape index (κ1) is 8.81. The van der Waals surface area contributed by atoms with Crippen molar-refractivity contribution >= 4 is 6.09 Å². The third kappa shape index (κ3) is 1.63. The van der Waals surface area contributed by atoms with E-state index in [-0.39, 0.29) is 0 Å². The van der Waals surface area contributed by atoms with E-state index in [2.05, 4.69) is 11.8 Å². The van der Waals surface area contributed by atoms with Crippen molar-refractivity contribution in [1.82, 2.24) is 9.80 Å². The van der Waals surface area contributed by atoms with Crippen LogP contribution in [0.3, 0.4) is 0 Å². The summed E-state index contributed by atoms with van der Waals surface area (Å²) in [6.07, 6.45) is 1.78. The molecule has 1 saturated heterocycles. The number of carbonyl (C=O) groups is 1. The Morgan fingerprint density at radius 1 is 1.23 bits per heavy atom. The fraction of sp³-hybridized carbons (Fsp3) is 0.889. The van der Waals surface area contributed by atoms with Crippen LogP contribution in [0.4, 0.5) is 4.79 Å². The second-order valence-electron chi connectivity index (χ2n) is 4.25. The number of piperazine rings is 1. The topological polar surface area (TPSA) is 43.8 Å². The predicted octanol–water partition coefficient (Wildman–Crippen LogP) is 0.835. The van der Waals surface area contributed by atoms with Gasteiger partial charge in [0, 0.05) is 31.7 Å². The van der Waals surface area contributed by atoms with Crippen molar-refractivity contribution in [3.05, 3.63) is 0 Å². The molecular weight excluding hydrogens is 168 g/mol. The molecule has 1 aliphatic carbocycles. The molecule has 0 unspecified atom stereocenters. The first-order valence-corrected chi connectivity index (χ1v) is 4.85. The van der Waals surface area contributed by atoms with Gasteiger partial charge in [-0.1, -0.05) is 0 Å². The third-order valence-corrected chi connectivity index (χ3v) is 3.29. The summed E-state index contributed by atoms with van der Waals surface area (Å²) in [7, 11) is 0. The molecule has 1 N–H and O–H groups in total. The highest BCUT2D eigenvalue weighted by Crippen LogP contribution is 2.41. The zero-order valence-electron chi connectivity index (χ0n) is 7.99. The Morgan fingerprint density at radius 3 is 2.15 bits per heavy atom. The lowest BCUT2D eigenvalue weighted by Crippen LogP contribution is -2.51. The third-order valence-electron chi connectivity index (χ3n) is 3.29. The molecule has 74 valence electrons. The fourth-order valence-electron chi connectivity index (χ4n) is 1.93. The van der Waals surface area contributed by atoms with Crippen molar-refractivity contribution in [2.75, 3.05) is 26.2 Å². The van der Waals surface area contributed by atoms with Crippen LogP contribution < -0.4 is 0 Å². The standard InChI is InChI=1S/C9H16N2O2/c1-9(2-3-9)11-6-4-10(5-7-11)8(12)13/h2-7H2,1H3,(H,12,13). The molecule has 0 bridgehead atoms. The van der Waals surface area contributed by atoms with Crippen molar-refractivity contribution < 1.29 is 9.90 Å². The Kier molecular flexibility index (Phi) is 1.95. The van der Waals surface area contributed by atoms with E-state index in [0.717, 1.165) is 13.1 Å². The average molecular weight is 184 g/mol. The van der Waals surface area contributed by atoms with E-state index in [9.17, 15) is 4.79 Å². The van der Waals surface area contributed by atoms with Gasteiger partial charge in [0.25, 0.3) is 0 Å². The maximum atomic E-state index is 10.6. The lowest BCUT2D eigenvalue weighted by molar-refractivity contribution is 0.0822. The molecule has 2 fully saturated rings. The van der Waals surface area contributed by atoms with Gasteiger partial charge in [0.2, 0.25) is 0 Å². The smallest absolute Gasteiger partial charge is 0.407 e. The van der Waals surface area contributed by atoms with Gasteiger partial charge in [-0.15, -0.1) is 0 Å². The second-order valence-corrected chi connectivity index (χ2v) is 4.25. The molecule has 0 atom stereocenters. The van der Waals surface area contributed by atoms with Gasteiger partial charge in [-0.3, -0.25) is 4.90 Å². The van der Waals surface area contributed by atoms with Crippen LogP contribution in [0.15, 0.2) is 0 Å². The zero-order valence-corrected chi connectivity index (χ0v) is 7.99. The Hall–Kier alpha value is -0.770. The SMILES string of the molecule is CC1(N2CCN(C(=O)O)CC2)CC1. The number of hydrogen-bond donors (Lipinski definition) is 1. The van der Waals surface area contributed by atoms with E-state index in [1.165, 1.54) is 17.7 Å². The Labute approximate surface area is 78.1 Å². The molecule has 0 radical (unpaired) electrons. The summed E-state index contributed by atoms with van der Waals surface area (Å²) in [5.74, 6) is 0. The van der Waals surface area contributed by atoms with Gasteiger partial charge in [-0.25, -0.2) is 4.79 Å². The normalized spacial score (nSPS) is 27.3. The van der Waals surface area contributed by atoms with E-state index in [0.29, 0.717) is 18.6 Å². The molecule has 2 rings (SSSR count). The van der Waals surface area contributed by atoms with Crippen LogP contribution in [0, 0.1) is 0 Å². The fourth-order valence-corrected chi connectivity index (χ4v) is 1.93. The molecular formula is C9H16N2O2. The van der Waals surface area contributed by atoms with Crippen LogP contribution in [0.1, 0.15) is 19.8 Å². The molecule has 1 amide bonds. The summed E-state index contributed by atoms with van der Waals surface area (Å²) >= 11 is 0. The van der Waals surface area contributed by atoms with E-state index >= 15 is 0 Å². The van der Waals surface area contributed by atoms with Crippen LogP contribution in [-0.4, -0.2) is 52.7 Å². The van der Waals surface area contributed by atoms with E-state index in [4.69, 9.17) is 5.11 Å². The van der Waals surface area contributed by atoms with Crippen LogP contribution in [0.5, 0.6) is 0 Å². The van der Waals surface area contributed by atoms with Crippen LogP contribution in [0.2, 0.25) is 0 Å². The van der Waals surface area contributed by atoms with E-state index < -0.39 is 6.09 Å². The average Bonchev–Trinajstić information content (AvgIpc) is 2.85. The molecule has 4 heteroatoms. The minimum absolute atomic E-state index is 0.407.